The molecule has 1 saturated heterocycles. The summed E-state index contributed by atoms with van der Waals surface area (Å²) in [6.45, 7) is 0.929. The first-order chi connectivity index (χ1) is 14.0. The highest BCUT2D eigenvalue weighted by Crippen LogP contribution is 2.35. The van der Waals surface area contributed by atoms with Gasteiger partial charge in [-0.1, -0.05) is 30.3 Å². The van der Waals surface area contributed by atoms with Gasteiger partial charge >= 0.3 is 0 Å². The maximum atomic E-state index is 13.2. The minimum absolute atomic E-state index is 0.0678. The van der Waals surface area contributed by atoms with Gasteiger partial charge in [0.15, 0.2) is 5.82 Å². The summed E-state index contributed by atoms with van der Waals surface area (Å²) < 4.78 is 45.9. The van der Waals surface area contributed by atoms with Gasteiger partial charge in [0, 0.05) is 37.6 Å². The number of methoxy groups -OCH3 is 1. The molecule has 1 N–H and O–H groups in total. The number of hydrogen-bond donors (Lipinski definition) is 1. The van der Waals surface area contributed by atoms with E-state index in [1.165, 1.54) is 16.4 Å². The molecule has 0 radical (unpaired) electrons. The largest absolute Gasteiger partial charge is 0.384 e. The van der Waals surface area contributed by atoms with Gasteiger partial charge in [-0.25, -0.2) is 17.8 Å². The van der Waals surface area contributed by atoms with Crippen LogP contribution in [0.2, 0.25) is 0 Å². The Labute approximate surface area is 168 Å². The fourth-order valence-electron chi connectivity index (χ4n) is 3.63. The van der Waals surface area contributed by atoms with Crippen LogP contribution in [0.15, 0.2) is 59.5 Å². The molecule has 0 spiro atoms. The van der Waals surface area contributed by atoms with Crippen molar-refractivity contribution in [2.24, 2.45) is 5.92 Å². The van der Waals surface area contributed by atoms with Crippen molar-refractivity contribution >= 4 is 10.0 Å². The molecular weight excluding hydrogens is 395 g/mol. The van der Waals surface area contributed by atoms with Gasteiger partial charge in [-0.15, -0.1) is 0 Å². The molecular formula is C20H21FN4O3S. The predicted octanol–water partition coefficient (Wildman–Crippen LogP) is 2.66. The van der Waals surface area contributed by atoms with E-state index in [0.717, 1.165) is 17.7 Å². The highest BCUT2D eigenvalue weighted by molar-refractivity contribution is 7.89. The maximum absolute atomic E-state index is 13.2. The molecule has 1 aliphatic rings. The fraction of sp³-hybridized carbons (Fsp3) is 0.300. The second-order valence-electron chi connectivity index (χ2n) is 7.01. The molecule has 1 aliphatic heterocycles. The molecule has 3 aromatic rings. The smallest absolute Gasteiger partial charge is 0.243 e. The Hall–Kier alpha value is -2.62. The van der Waals surface area contributed by atoms with E-state index in [2.05, 4.69) is 15.2 Å². The minimum atomic E-state index is -3.74. The van der Waals surface area contributed by atoms with Crippen molar-refractivity contribution in [1.82, 2.24) is 19.5 Å². The Morgan fingerprint density at radius 3 is 2.55 bits per heavy atom. The number of aromatic amines is 1. The van der Waals surface area contributed by atoms with Crippen LogP contribution < -0.4 is 0 Å². The van der Waals surface area contributed by atoms with Crippen molar-refractivity contribution < 1.29 is 17.5 Å². The Balaban J connectivity index is 1.61. The lowest BCUT2D eigenvalue weighted by atomic mass is 9.96. The van der Waals surface area contributed by atoms with Gasteiger partial charge in [-0.3, -0.25) is 5.10 Å². The molecule has 0 bridgehead atoms. The van der Waals surface area contributed by atoms with Crippen LogP contribution in [0.5, 0.6) is 0 Å². The number of rotatable bonds is 6. The zero-order valence-electron chi connectivity index (χ0n) is 15.8. The lowest BCUT2D eigenvalue weighted by molar-refractivity contribution is 0.150. The third-order valence-electron chi connectivity index (χ3n) is 5.13. The molecule has 2 atom stereocenters. The summed E-state index contributed by atoms with van der Waals surface area (Å²) in [6.07, 6.45) is 0. The quantitative estimate of drug-likeness (QED) is 0.667. The number of halogens is 1. The zero-order chi connectivity index (χ0) is 20.4. The topological polar surface area (TPSA) is 88.2 Å². The standard InChI is InChI=1S/C20H21FN4O3S/c1-28-13-15-11-25(29(26,27)17-9-7-16(21)8-10-17)12-18(15)20-22-19(23-24-20)14-5-3-2-4-6-14/h2-10,15,18H,11-13H2,1H3,(H,22,23,24)/t15-,18+/m0/s1. The first kappa shape index (κ1) is 19.7. The summed E-state index contributed by atoms with van der Waals surface area (Å²) in [5.74, 6) is 0.455. The second kappa shape index (κ2) is 8.02. The monoisotopic (exact) mass is 416 g/mol. The number of H-pyrrole nitrogens is 1. The summed E-state index contributed by atoms with van der Waals surface area (Å²) in [5, 5.41) is 7.26. The molecule has 9 heteroatoms. The van der Waals surface area contributed by atoms with Crippen LogP contribution in [-0.2, 0) is 14.8 Å². The highest BCUT2D eigenvalue weighted by Gasteiger charge is 2.41. The van der Waals surface area contributed by atoms with Crippen molar-refractivity contribution in [3.63, 3.8) is 0 Å². The van der Waals surface area contributed by atoms with E-state index in [4.69, 9.17) is 4.74 Å². The summed E-state index contributed by atoms with van der Waals surface area (Å²) in [5.41, 5.74) is 0.882. The number of hydrogen-bond acceptors (Lipinski definition) is 5. The van der Waals surface area contributed by atoms with E-state index in [9.17, 15) is 12.8 Å². The SMILES string of the molecule is COC[C@@H]1CN(S(=O)(=O)c2ccc(F)cc2)C[C@H]1c1nc(-c2ccccc2)n[nH]1. The van der Waals surface area contributed by atoms with E-state index >= 15 is 0 Å². The number of nitrogens with zero attached hydrogens (tertiary/aromatic N) is 3. The third-order valence-corrected chi connectivity index (χ3v) is 6.97. The number of ether oxygens (including phenoxy) is 1. The first-order valence-electron chi connectivity index (χ1n) is 9.21. The molecule has 29 heavy (non-hydrogen) atoms. The molecule has 7 nitrogen and oxygen atoms in total. The summed E-state index contributed by atoms with van der Waals surface area (Å²) in [4.78, 5) is 4.67. The number of aromatic nitrogens is 3. The molecule has 152 valence electrons. The van der Waals surface area contributed by atoms with E-state index in [1.54, 1.807) is 7.11 Å². The van der Waals surface area contributed by atoms with Crippen LogP contribution >= 0.6 is 0 Å². The van der Waals surface area contributed by atoms with Crippen molar-refractivity contribution in [3.8, 4) is 11.4 Å². The van der Waals surface area contributed by atoms with Crippen molar-refractivity contribution in [3.05, 3.63) is 66.2 Å². The van der Waals surface area contributed by atoms with E-state index in [-0.39, 0.29) is 23.3 Å². The van der Waals surface area contributed by atoms with Crippen LogP contribution in [0, 0.1) is 11.7 Å². The number of benzene rings is 2. The van der Waals surface area contributed by atoms with E-state index in [1.807, 2.05) is 30.3 Å². The van der Waals surface area contributed by atoms with E-state index < -0.39 is 15.8 Å². The highest BCUT2D eigenvalue weighted by atomic mass is 32.2. The van der Waals surface area contributed by atoms with Gasteiger partial charge in [0.2, 0.25) is 10.0 Å². The van der Waals surface area contributed by atoms with Gasteiger partial charge in [0.25, 0.3) is 0 Å². The molecule has 0 amide bonds. The lowest BCUT2D eigenvalue weighted by Crippen LogP contribution is -2.29. The Morgan fingerprint density at radius 2 is 1.86 bits per heavy atom. The number of sulfonamides is 1. The summed E-state index contributed by atoms with van der Waals surface area (Å²) in [7, 11) is -2.16. The lowest BCUT2D eigenvalue weighted by Gasteiger charge is -2.16. The molecule has 0 unspecified atom stereocenters. The summed E-state index contributed by atoms with van der Waals surface area (Å²) >= 11 is 0. The van der Waals surface area contributed by atoms with Gasteiger partial charge in [0.1, 0.15) is 11.6 Å². The van der Waals surface area contributed by atoms with Crippen LogP contribution in [-0.4, -0.2) is 54.7 Å². The Kier molecular flexibility index (Phi) is 5.44. The molecule has 2 heterocycles. The van der Waals surface area contributed by atoms with Crippen molar-refractivity contribution in [1.29, 1.82) is 0 Å². The number of nitrogens with one attached hydrogen (secondary N) is 1. The molecule has 1 aromatic heterocycles. The van der Waals surface area contributed by atoms with E-state index in [0.29, 0.717) is 24.8 Å². The average molecular weight is 416 g/mol. The third kappa shape index (κ3) is 3.93. The summed E-state index contributed by atoms with van der Waals surface area (Å²) in [6, 6.07) is 14.4. The van der Waals surface area contributed by atoms with Crippen LogP contribution in [0.4, 0.5) is 4.39 Å². The second-order valence-corrected chi connectivity index (χ2v) is 8.95. The average Bonchev–Trinajstić information content (AvgIpc) is 3.37. The van der Waals surface area contributed by atoms with Gasteiger partial charge in [-0.2, -0.15) is 9.40 Å². The van der Waals surface area contributed by atoms with Crippen LogP contribution in [0.3, 0.4) is 0 Å². The van der Waals surface area contributed by atoms with Gasteiger partial charge < -0.3 is 4.74 Å². The van der Waals surface area contributed by atoms with Crippen LogP contribution in [0.1, 0.15) is 11.7 Å². The molecule has 2 aromatic carbocycles. The molecule has 0 aliphatic carbocycles. The zero-order valence-corrected chi connectivity index (χ0v) is 16.6. The molecule has 1 fully saturated rings. The normalized spacial score (nSPS) is 20.2. The van der Waals surface area contributed by atoms with Crippen LogP contribution in [0.25, 0.3) is 11.4 Å². The van der Waals surface area contributed by atoms with Crippen molar-refractivity contribution in [2.75, 3.05) is 26.8 Å². The van der Waals surface area contributed by atoms with Gasteiger partial charge in [-0.05, 0) is 24.3 Å². The molecule has 0 saturated carbocycles. The Bertz CT molecular complexity index is 1070. The predicted molar refractivity (Wildman–Crippen MR) is 105 cm³/mol. The maximum Gasteiger partial charge on any atom is 0.243 e. The van der Waals surface area contributed by atoms with Gasteiger partial charge in [0.05, 0.1) is 11.5 Å². The van der Waals surface area contributed by atoms with Crippen molar-refractivity contribution in [2.45, 2.75) is 10.8 Å². The fourth-order valence-corrected chi connectivity index (χ4v) is 5.16. The Morgan fingerprint density at radius 1 is 1.14 bits per heavy atom. The first-order valence-corrected chi connectivity index (χ1v) is 10.7. The molecule has 4 rings (SSSR count). The minimum Gasteiger partial charge on any atom is -0.384 e.